The maximum atomic E-state index is 13.3. The number of carbonyl (C=O) groups is 5. The van der Waals surface area contributed by atoms with E-state index in [0.29, 0.717) is 55.4 Å². The molecule has 1 aromatic carbocycles. The van der Waals surface area contributed by atoms with E-state index in [1.54, 1.807) is 24.3 Å². The Bertz CT molecular complexity index is 1160. The van der Waals surface area contributed by atoms with Crippen molar-refractivity contribution < 1.29 is 49.1 Å². The lowest BCUT2D eigenvalue weighted by atomic mass is 9.82. The average molecular weight is 662 g/mol. The van der Waals surface area contributed by atoms with Crippen molar-refractivity contribution in [2.75, 3.05) is 6.61 Å². The van der Waals surface area contributed by atoms with Crippen LogP contribution in [0.1, 0.15) is 110 Å². The second kappa shape index (κ2) is 22.0. The molecule has 47 heavy (non-hydrogen) atoms. The highest BCUT2D eigenvalue weighted by molar-refractivity contribution is 5.94. The van der Waals surface area contributed by atoms with Gasteiger partial charge < -0.3 is 30.5 Å². The molecule has 0 heterocycles. The first kappa shape index (κ1) is 41.3. The van der Waals surface area contributed by atoms with Crippen molar-refractivity contribution in [1.29, 1.82) is 0 Å². The number of carbonyl (C=O) groups excluding carboxylic acids is 2. The highest BCUT2D eigenvalue weighted by atomic mass is 16.5. The third kappa shape index (κ3) is 17.1. The molecule has 264 valence electrons. The van der Waals surface area contributed by atoms with E-state index in [0.717, 1.165) is 51.0 Å². The molecule has 11 nitrogen and oxygen atoms in total. The standard InChI is InChI=1S/C36H55NO10/c1-25(2)13-11-12-15-28(38)14-9-7-5-6-8-10-16-30(36(46,35(44)45)24-32(39)40)33(41)37-31(34(42)43)23-27-17-19-29(20-18-27)47-22-21-26(3)4/h10,16-20,25-26,30-31,46H,5-9,11-15,21-24H2,1-4H3,(H,37,41)(H,39,40)(H,42,43)(H,44,45)/b16-10+. The molecular weight excluding hydrogens is 606 g/mol. The Hall–Kier alpha value is -3.73. The fourth-order valence-electron chi connectivity index (χ4n) is 5.01. The number of allylic oxidation sites excluding steroid dienone is 1. The zero-order chi connectivity index (χ0) is 35.4. The summed E-state index contributed by atoms with van der Waals surface area (Å²) in [6.07, 6.45) is 9.73. The van der Waals surface area contributed by atoms with Crippen LogP contribution in [-0.4, -0.2) is 68.3 Å². The van der Waals surface area contributed by atoms with Crippen molar-refractivity contribution in [2.24, 2.45) is 17.8 Å². The van der Waals surface area contributed by atoms with E-state index in [1.807, 2.05) is 0 Å². The number of Topliss-reactive ketones (excluding diaryl/α,β-unsaturated/α-hetero) is 1. The number of rotatable bonds is 26. The number of hydrogen-bond acceptors (Lipinski definition) is 7. The van der Waals surface area contributed by atoms with Gasteiger partial charge in [-0.1, -0.05) is 77.7 Å². The molecule has 3 unspecified atom stereocenters. The number of unbranched alkanes of at least 4 members (excludes halogenated alkanes) is 5. The number of nitrogens with one attached hydrogen (secondary N) is 1. The van der Waals surface area contributed by atoms with Crippen molar-refractivity contribution in [3.63, 3.8) is 0 Å². The predicted molar refractivity (Wildman–Crippen MR) is 178 cm³/mol. The zero-order valence-electron chi connectivity index (χ0n) is 28.4. The summed E-state index contributed by atoms with van der Waals surface area (Å²) in [6, 6.07) is 5.21. The minimum atomic E-state index is -3.01. The maximum absolute atomic E-state index is 13.3. The molecule has 0 aromatic heterocycles. The zero-order valence-corrected chi connectivity index (χ0v) is 28.4. The Labute approximate surface area is 278 Å². The highest BCUT2D eigenvalue weighted by Gasteiger charge is 2.49. The van der Waals surface area contributed by atoms with Crippen molar-refractivity contribution >= 4 is 29.6 Å². The van der Waals surface area contributed by atoms with E-state index < -0.39 is 47.8 Å². The van der Waals surface area contributed by atoms with Crippen LogP contribution in [0.15, 0.2) is 36.4 Å². The van der Waals surface area contributed by atoms with Crippen LogP contribution in [0, 0.1) is 17.8 Å². The third-order valence-corrected chi connectivity index (χ3v) is 7.92. The number of aliphatic hydroxyl groups is 1. The molecule has 1 aromatic rings. The lowest BCUT2D eigenvalue weighted by molar-refractivity contribution is -0.172. The first-order valence-electron chi connectivity index (χ1n) is 16.8. The Morgan fingerprint density at radius 3 is 1.98 bits per heavy atom. The molecule has 0 saturated carbocycles. The van der Waals surface area contributed by atoms with E-state index in [2.05, 4.69) is 33.0 Å². The number of ketones is 1. The molecule has 0 fully saturated rings. The Kier molecular flexibility index (Phi) is 19.3. The number of amides is 1. The quantitative estimate of drug-likeness (QED) is 0.0599. The summed E-state index contributed by atoms with van der Waals surface area (Å²) in [5.41, 5.74) is -2.45. The minimum absolute atomic E-state index is 0.144. The van der Waals surface area contributed by atoms with E-state index in [9.17, 15) is 44.4 Å². The monoisotopic (exact) mass is 661 g/mol. The molecule has 0 aliphatic rings. The second-order valence-electron chi connectivity index (χ2n) is 13.1. The normalized spacial score (nSPS) is 14.1. The summed E-state index contributed by atoms with van der Waals surface area (Å²) in [7, 11) is 0. The van der Waals surface area contributed by atoms with Gasteiger partial charge in [0.05, 0.1) is 18.9 Å². The van der Waals surface area contributed by atoms with Crippen LogP contribution in [0.25, 0.3) is 0 Å². The molecule has 11 heteroatoms. The first-order chi connectivity index (χ1) is 22.1. The molecule has 0 radical (unpaired) electrons. The summed E-state index contributed by atoms with van der Waals surface area (Å²) in [5.74, 6) is -5.96. The van der Waals surface area contributed by atoms with Gasteiger partial charge >= 0.3 is 17.9 Å². The van der Waals surface area contributed by atoms with Gasteiger partial charge in [0.25, 0.3) is 0 Å². The van der Waals surface area contributed by atoms with Gasteiger partial charge in [0.1, 0.15) is 17.6 Å². The molecule has 1 rings (SSSR count). The topological polar surface area (TPSA) is 188 Å². The average Bonchev–Trinajstić information content (AvgIpc) is 2.98. The highest BCUT2D eigenvalue weighted by Crippen LogP contribution is 2.26. The largest absolute Gasteiger partial charge is 0.494 e. The van der Waals surface area contributed by atoms with Crippen molar-refractivity contribution in [3.05, 3.63) is 42.0 Å². The van der Waals surface area contributed by atoms with Crippen LogP contribution in [-0.2, 0) is 30.4 Å². The van der Waals surface area contributed by atoms with Gasteiger partial charge in [0.2, 0.25) is 5.91 Å². The molecule has 5 N–H and O–H groups in total. The maximum Gasteiger partial charge on any atom is 0.337 e. The van der Waals surface area contributed by atoms with Crippen molar-refractivity contribution in [1.82, 2.24) is 5.32 Å². The van der Waals surface area contributed by atoms with E-state index in [-0.39, 0.29) is 12.2 Å². The van der Waals surface area contributed by atoms with Gasteiger partial charge in [-0.2, -0.15) is 0 Å². The number of carboxylic acid groups (broad SMARTS) is 3. The van der Waals surface area contributed by atoms with Gasteiger partial charge in [-0.25, -0.2) is 9.59 Å². The number of aliphatic carboxylic acids is 3. The van der Waals surface area contributed by atoms with Crippen LogP contribution < -0.4 is 10.1 Å². The second-order valence-corrected chi connectivity index (χ2v) is 13.1. The van der Waals surface area contributed by atoms with Gasteiger partial charge in [0.15, 0.2) is 5.60 Å². The first-order valence-corrected chi connectivity index (χ1v) is 16.8. The molecule has 1 amide bonds. The molecule has 0 bridgehead atoms. The number of benzene rings is 1. The van der Waals surface area contributed by atoms with E-state index in [4.69, 9.17) is 4.74 Å². The summed E-state index contributed by atoms with van der Waals surface area (Å²) in [5, 5.41) is 42.1. The molecule has 0 aliphatic carbocycles. The Morgan fingerprint density at radius 2 is 1.43 bits per heavy atom. The van der Waals surface area contributed by atoms with Crippen molar-refractivity contribution in [2.45, 2.75) is 123 Å². The smallest absolute Gasteiger partial charge is 0.337 e. The van der Waals surface area contributed by atoms with Gasteiger partial charge in [0, 0.05) is 19.3 Å². The van der Waals surface area contributed by atoms with Crippen molar-refractivity contribution in [3.8, 4) is 5.75 Å². The third-order valence-electron chi connectivity index (χ3n) is 7.92. The van der Waals surface area contributed by atoms with E-state index in [1.165, 1.54) is 6.08 Å². The summed E-state index contributed by atoms with van der Waals surface area (Å²) < 4.78 is 5.68. The SMILES string of the molecule is CC(C)CCCCC(=O)CCCCCC/C=C/C(C(=O)NC(Cc1ccc(OCCC(C)C)cc1)C(=O)O)C(O)(CC(=O)O)C(=O)O. The van der Waals surface area contributed by atoms with Gasteiger partial charge in [-0.3, -0.25) is 14.4 Å². The number of hydrogen-bond donors (Lipinski definition) is 5. The van der Waals surface area contributed by atoms with Crippen LogP contribution in [0.3, 0.4) is 0 Å². The molecule has 0 saturated heterocycles. The minimum Gasteiger partial charge on any atom is -0.494 e. The number of carboxylic acids is 3. The molecular formula is C36H55NO10. The fourth-order valence-corrected chi connectivity index (χ4v) is 5.01. The fraction of sp³-hybridized carbons (Fsp3) is 0.639. The summed E-state index contributed by atoms with van der Waals surface area (Å²) >= 11 is 0. The summed E-state index contributed by atoms with van der Waals surface area (Å²) in [6.45, 7) is 9.02. The van der Waals surface area contributed by atoms with Gasteiger partial charge in [-0.15, -0.1) is 0 Å². The van der Waals surface area contributed by atoms with E-state index >= 15 is 0 Å². The van der Waals surface area contributed by atoms with Gasteiger partial charge in [-0.05, 0) is 61.6 Å². The van der Waals surface area contributed by atoms with Crippen LogP contribution in [0.4, 0.5) is 0 Å². The van der Waals surface area contributed by atoms with Crippen LogP contribution in [0.2, 0.25) is 0 Å². The van der Waals surface area contributed by atoms with Crippen LogP contribution in [0.5, 0.6) is 5.75 Å². The number of ether oxygens (including phenoxy) is 1. The molecule has 3 atom stereocenters. The Balaban J connectivity index is 2.83. The lowest BCUT2D eigenvalue weighted by Gasteiger charge is -2.29. The predicted octanol–water partition coefficient (Wildman–Crippen LogP) is 5.81. The van der Waals surface area contributed by atoms with Crippen LogP contribution >= 0.6 is 0 Å². The molecule has 0 aliphatic heterocycles. The molecule has 0 spiro atoms. The summed E-state index contributed by atoms with van der Waals surface area (Å²) in [4.78, 5) is 61.0. The lowest BCUT2D eigenvalue weighted by Crippen LogP contribution is -2.55. The Morgan fingerprint density at radius 1 is 0.830 bits per heavy atom.